The van der Waals surface area contributed by atoms with Crippen molar-refractivity contribution in [3.05, 3.63) is 12.7 Å². The fourth-order valence-corrected chi connectivity index (χ4v) is 10.5. The summed E-state index contributed by atoms with van der Waals surface area (Å²) in [4.78, 5) is 70.3. The Morgan fingerprint density at radius 2 is 1.55 bits per heavy atom. The lowest BCUT2D eigenvalue weighted by atomic mass is 9.82. The van der Waals surface area contributed by atoms with Crippen LogP contribution in [0.1, 0.15) is 118 Å². The van der Waals surface area contributed by atoms with Gasteiger partial charge in [-0.3, -0.25) is 19.2 Å². The third kappa shape index (κ3) is 8.82. The van der Waals surface area contributed by atoms with E-state index < -0.39 is 61.9 Å². The number of piperidine rings is 1. The van der Waals surface area contributed by atoms with Crippen LogP contribution in [0.3, 0.4) is 0 Å². The van der Waals surface area contributed by atoms with Gasteiger partial charge in [-0.25, -0.2) is 13.2 Å². The van der Waals surface area contributed by atoms with Gasteiger partial charge in [0, 0.05) is 13.1 Å². The average Bonchev–Trinajstić information content (AvgIpc) is 3.92. The van der Waals surface area contributed by atoms with Crippen LogP contribution in [0.25, 0.3) is 0 Å². The lowest BCUT2D eigenvalue weighted by molar-refractivity contribution is -0.144. The van der Waals surface area contributed by atoms with E-state index in [0.717, 1.165) is 64.2 Å². The maximum atomic E-state index is 14.7. The number of Topliss-reactive ketones (excluding diaryl/α,β-unsaturated/α-hetero) is 1. The second kappa shape index (κ2) is 15.2. The molecule has 5 amide bonds. The number of likely N-dealkylation sites (tertiary alicyclic amines) is 1. The Labute approximate surface area is 304 Å². The van der Waals surface area contributed by atoms with E-state index in [-0.39, 0.29) is 47.3 Å². The van der Waals surface area contributed by atoms with Crippen LogP contribution in [-0.2, 0) is 29.0 Å². The first kappa shape index (κ1) is 39.3. The first-order chi connectivity index (χ1) is 23.9. The highest BCUT2D eigenvalue weighted by Gasteiger charge is 2.70. The van der Waals surface area contributed by atoms with Crippen LogP contribution in [-0.4, -0.2) is 90.1 Å². The molecule has 5 atom stereocenters. The van der Waals surface area contributed by atoms with E-state index in [4.69, 9.17) is 0 Å². The predicted octanol–water partition coefficient (Wildman–Crippen LogP) is 3.79. The Balaban J connectivity index is 1.37. The van der Waals surface area contributed by atoms with Crippen molar-refractivity contribution in [2.75, 3.05) is 18.8 Å². The number of amides is 5. The molecule has 4 N–H and O–H groups in total. The van der Waals surface area contributed by atoms with Crippen molar-refractivity contribution in [3.8, 4) is 0 Å². The molecule has 0 aromatic carbocycles. The quantitative estimate of drug-likeness (QED) is 0.156. The fourth-order valence-electron chi connectivity index (χ4n) is 8.96. The molecule has 4 saturated carbocycles. The molecule has 4 aliphatic carbocycles. The van der Waals surface area contributed by atoms with Crippen LogP contribution < -0.4 is 21.3 Å². The summed E-state index contributed by atoms with van der Waals surface area (Å²) in [6.45, 7) is 13.3. The molecule has 1 aliphatic heterocycles. The number of sulfone groups is 1. The molecule has 0 spiro atoms. The zero-order chi connectivity index (χ0) is 37.4. The second-order valence-electron chi connectivity index (χ2n) is 17.7. The summed E-state index contributed by atoms with van der Waals surface area (Å²) in [7, 11) is -3.55. The van der Waals surface area contributed by atoms with E-state index in [0.29, 0.717) is 25.8 Å². The molecule has 1 heterocycles. The summed E-state index contributed by atoms with van der Waals surface area (Å²) in [5, 5.41) is 11.5. The normalized spacial score (nSPS) is 26.9. The number of fused-ring (bicyclic) bond motifs is 1. The van der Waals surface area contributed by atoms with Crippen molar-refractivity contribution in [2.24, 2.45) is 29.1 Å². The Morgan fingerprint density at radius 1 is 0.922 bits per heavy atom. The van der Waals surface area contributed by atoms with Gasteiger partial charge in [0.2, 0.25) is 17.6 Å². The number of carbonyl (C=O) groups excluding carboxylic acids is 5. The average molecular weight is 732 g/mol. The van der Waals surface area contributed by atoms with Gasteiger partial charge in [-0.15, -0.1) is 6.58 Å². The van der Waals surface area contributed by atoms with E-state index in [1.165, 1.54) is 6.08 Å². The zero-order valence-electron chi connectivity index (χ0n) is 31.4. The third-order valence-corrected chi connectivity index (χ3v) is 15.4. The molecule has 5 fully saturated rings. The summed E-state index contributed by atoms with van der Waals surface area (Å²) in [6.07, 6.45) is 11.7. The largest absolute Gasteiger partial charge is 0.346 e. The van der Waals surface area contributed by atoms with Crippen molar-refractivity contribution < 1.29 is 32.4 Å². The first-order valence-electron chi connectivity index (χ1n) is 19.3. The number of hydrogen-bond donors (Lipinski definition) is 4. The number of nitrogens with one attached hydrogen (secondary N) is 4. The minimum absolute atomic E-state index is 0.0830. The molecule has 12 nitrogen and oxygen atoms in total. The first-order valence-corrected chi connectivity index (χ1v) is 20.9. The number of carbonyl (C=O) groups is 5. The Bertz CT molecular complexity index is 1470. The van der Waals surface area contributed by atoms with Gasteiger partial charge in [0.25, 0.3) is 5.91 Å². The molecule has 286 valence electrons. The highest BCUT2D eigenvalue weighted by molar-refractivity contribution is 7.92. The number of nitrogens with zero attached hydrogens (tertiary/aromatic N) is 1. The van der Waals surface area contributed by atoms with E-state index >= 15 is 0 Å². The van der Waals surface area contributed by atoms with Crippen LogP contribution >= 0.6 is 0 Å². The van der Waals surface area contributed by atoms with Gasteiger partial charge in [0.05, 0.1) is 22.1 Å². The molecule has 0 aromatic rings. The highest BCUT2D eigenvalue weighted by atomic mass is 32.2. The molecule has 0 radical (unpaired) electrons. The standard InChI is InChI=1S/C38H61N5O7S/c1-7-20-39-33(46)31(44)27(21-24-16-17-24)40-32(45)30-28-26(37(28,5)6)22-43(30)34(47)29(25-14-10-8-11-15-25)41-35(48)42-38(18-12-9-13-19-38)23-51(49,50)36(2,3)4/h7,24-30H,1,8-23H2,2-6H3,(H,39,46)(H,40,45)(H2,41,42,48)/t26-,27?,28?,29-,30-/m0/s1. The number of rotatable bonds is 14. The topological polar surface area (TPSA) is 171 Å². The lowest BCUT2D eigenvalue weighted by Crippen LogP contribution is -2.63. The monoisotopic (exact) mass is 731 g/mol. The van der Waals surface area contributed by atoms with Crippen molar-refractivity contribution in [1.29, 1.82) is 0 Å². The summed E-state index contributed by atoms with van der Waals surface area (Å²) < 4.78 is 25.8. The Kier molecular flexibility index (Phi) is 11.7. The summed E-state index contributed by atoms with van der Waals surface area (Å²) >= 11 is 0. The molecule has 0 aromatic heterocycles. The van der Waals surface area contributed by atoms with E-state index in [1.807, 2.05) is 0 Å². The second-order valence-corrected chi connectivity index (χ2v) is 20.4. The maximum Gasteiger partial charge on any atom is 0.315 e. The highest BCUT2D eigenvalue weighted by Crippen LogP contribution is 2.65. The number of hydrogen-bond acceptors (Lipinski definition) is 7. The van der Waals surface area contributed by atoms with Gasteiger partial charge >= 0.3 is 6.03 Å². The van der Waals surface area contributed by atoms with Gasteiger partial charge in [0.15, 0.2) is 9.84 Å². The van der Waals surface area contributed by atoms with Crippen molar-refractivity contribution in [2.45, 2.75) is 147 Å². The predicted molar refractivity (Wildman–Crippen MR) is 195 cm³/mol. The van der Waals surface area contributed by atoms with Gasteiger partial charge in [0.1, 0.15) is 12.1 Å². The molecule has 1 saturated heterocycles. The van der Waals surface area contributed by atoms with Crippen LogP contribution in [0.5, 0.6) is 0 Å². The molecule has 2 unspecified atom stereocenters. The minimum Gasteiger partial charge on any atom is -0.346 e. The molecular formula is C38H61N5O7S. The van der Waals surface area contributed by atoms with Gasteiger partial charge in [-0.1, -0.05) is 71.3 Å². The molecular weight excluding hydrogens is 671 g/mol. The van der Waals surface area contributed by atoms with Crippen molar-refractivity contribution in [3.63, 3.8) is 0 Å². The van der Waals surface area contributed by atoms with Crippen LogP contribution in [0.15, 0.2) is 12.7 Å². The minimum atomic E-state index is -3.55. The molecule has 13 heteroatoms. The van der Waals surface area contributed by atoms with Gasteiger partial charge in [-0.05, 0) is 82.0 Å². The number of ketones is 1. The molecule has 51 heavy (non-hydrogen) atoms. The van der Waals surface area contributed by atoms with Gasteiger partial charge < -0.3 is 26.2 Å². The summed E-state index contributed by atoms with van der Waals surface area (Å²) in [5.41, 5.74) is -1.12. The zero-order valence-corrected chi connectivity index (χ0v) is 32.2. The fraction of sp³-hybridized carbons (Fsp3) is 0.816. The van der Waals surface area contributed by atoms with E-state index in [1.54, 1.807) is 25.7 Å². The lowest BCUT2D eigenvalue weighted by Gasteiger charge is -2.41. The van der Waals surface area contributed by atoms with Crippen LogP contribution in [0, 0.1) is 29.1 Å². The SMILES string of the molecule is C=CCNC(=O)C(=O)C(CC1CC1)NC(=O)[C@@H]1C2[C@H](CN1C(=O)[C@@H](NC(=O)NC1(CS(=O)(=O)C(C)(C)C)CCCCC1)C1CCCCC1)C2(C)C. The van der Waals surface area contributed by atoms with Crippen molar-refractivity contribution >= 4 is 39.4 Å². The molecule has 0 bridgehead atoms. The van der Waals surface area contributed by atoms with Crippen LogP contribution in [0.2, 0.25) is 0 Å². The van der Waals surface area contributed by atoms with E-state index in [9.17, 15) is 32.4 Å². The molecule has 5 rings (SSSR count). The summed E-state index contributed by atoms with van der Waals surface area (Å²) in [6, 6.07) is -3.30. The van der Waals surface area contributed by atoms with Gasteiger partial charge in [-0.2, -0.15) is 0 Å². The maximum absolute atomic E-state index is 14.7. The summed E-state index contributed by atoms with van der Waals surface area (Å²) in [5.74, 6) is -2.34. The third-order valence-electron chi connectivity index (χ3n) is 12.6. The van der Waals surface area contributed by atoms with Crippen LogP contribution in [0.4, 0.5) is 4.79 Å². The van der Waals surface area contributed by atoms with E-state index in [2.05, 4.69) is 41.7 Å². The van der Waals surface area contributed by atoms with Crippen molar-refractivity contribution in [1.82, 2.24) is 26.2 Å². The Morgan fingerprint density at radius 3 is 2.14 bits per heavy atom. The Hall–Kier alpha value is -2.96. The smallest absolute Gasteiger partial charge is 0.315 e. The molecule has 5 aliphatic rings. The number of urea groups is 1.